The number of nitrogens with one attached hydrogen (secondary N) is 1. The van der Waals surface area contributed by atoms with E-state index in [0.717, 1.165) is 62.6 Å². The van der Waals surface area contributed by atoms with Gasteiger partial charge in [0, 0.05) is 28.9 Å². The Morgan fingerprint density at radius 1 is 0.860 bits per heavy atom. The van der Waals surface area contributed by atoms with Gasteiger partial charge in [-0.15, -0.1) is 0 Å². The monoisotopic (exact) mass is 661 g/mol. The first-order valence-corrected chi connectivity index (χ1v) is 17.2. The second-order valence-corrected chi connectivity index (χ2v) is 13.9. The highest BCUT2D eigenvalue weighted by Crippen LogP contribution is 2.29. The number of nitrogens with zero attached hydrogens (tertiary/aromatic N) is 2. The summed E-state index contributed by atoms with van der Waals surface area (Å²) in [6.45, 7) is -0.291. The van der Waals surface area contributed by atoms with Gasteiger partial charge in [0.15, 0.2) is 0 Å². The van der Waals surface area contributed by atoms with Crippen LogP contribution in [0.2, 0.25) is 0 Å². The Bertz CT molecular complexity index is 1670. The molecule has 7 nitrogen and oxygen atoms in total. The van der Waals surface area contributed by atoms with E-state index in [4.69, 9.17) is 0 Å². The molecule has 4 aromatic rings. The number of benzene rings is 4. The molecule has 1 atom stereocenters. The molecule has 0 saturated heterocycles. The molecule has 4 aromatic carbocycles. The van der Waals surface area contributed by atoms with Crippen molar-refractivity contribution in [3.05, 3.63) is 113 Å². The number of anilines is 1. The quantitative estimate of drug-likeness (QED) is 0.212. The van der Waals surface area contributed by atoms with Crippen molar-refractivity contribution in [2.75, 3.05) is 17.1 Å². The molecule has 1 aliphatic rings. The molecule has 0 unspecified atom stereocenters. The molecule has 0 radical (unpaired) electrons. The summed E-state index contributed by atoms with van der Waals surface area (Å²) in [7, 11) is -3.86. The Labute approximate surface area is 262 Å². The number of carbonyl (C=O) groups excluding carboxylic acids is 2. The van der Waals surface area contributed by atoms with E-state index >= 15 is 0 Å². The number of carbonyl (C=O) groups is 2. The molecule has 1 aliphatic carbocycles. The zero-order valence-electron chi connectivity index (χ0n) is 24.2. The smallest absolute Gasteiger partial charge is 0.244 e. The molecular weight excluding hydrogens is 626 g/mol. The van der Waals surface area contributed by atoms with Crippen molar-refractivity contribution < 1.29 is 18.0 Å². The van der Waals surface area contributed by atoms with E-state index < -0.39 is 28.5 Å². The van der Waals surface area contributed by atoms with Gasteiger partial charge in [0.25, 0.3) is 0 Å². The zero-order valence-corrected chi connectivity index (χ0v) is 26.6. The summed E-state index contributed by atoms with van der Waals surface area (Å²) < 4.78 is 28.5. The Hall–Kier alpha value is -3.69. The van der Waals surface area contributed by atoms with Crippen molar-refractivity contribution in [3.63, 3.8) is 0 Å². The summed E-state index contributed by atoms with van der Waals surface area (Å²) in [6.07, 6.45) is 5.35. The normalized spacial score (nSPS) is 14.4. The van der Waals surface area contributed by atoms with Gasteiger partial charge in [-0.25, -0.2) is 8.42 Å². The van der Waals surface area contributed by atoms with Crippen LogP contribution in [0.4, 0.5) is 5.69 Å². The van der Waals surface area contributed by atoms with Crippen molar-refractivity contribution in [1.82, 2.24) is 10.2 Å². The maximum absolute atomic E-state index is 14.4. The Morgan fingerprint density at radius 2 is 1.51 bits per heavy atom. The summed E-state index contributed by atoms with van der Waals surface area (Å²) in [5.41, 5.74) is 2.17. The topological polar surface area (TPSA) is 86.8 Å². The van der Waals surface area contributed by atoms with Crippen LogP contribution in [0.3, 0.4) is 0 Å². The predicted molar refractivity (Wildman–Crippen MR) is 175 cm³/mol. The molecular formula is C34H36BrN3O4S. The standard InChI is InChI=1S/C34H36BrN3O4S/c1-43(41,42)38(31-17-9-13-27-12-5-8-16-30(27)31)24-33(39)37(23-26-18-20-28(35)21-19-26)32(22-25-10-3-2-4-11-25)34(40)36-29-14-6-7-15-29/h2-5,8-13,16-21,29,32H,6-7,14-15,22-24H2,1H3,(H,36,40)/t32-/m1/s1. The van der Waals surface area contributed by atoms with Crippen LogP contribution in [0.15, 0.2) is 102 Å². The summed E-state index contributed by atoms with van der Waals surface area (Å²) >= 11 is 3.47. The predicted octanol–water partition coefficient (Wildman–Crippen LogP) is 6.07. The lowest BCUT2D eigenvalue weighted by molar-refractivity contribution is -0.140. The minimum atomic E-state index is -3.86. The fraction of sp³-hybridized carbons (Fsp3) is 0.294. The van der Waals surface area contributed by atoms with E-state index in [9.17, 15) is 18.0 Å². The van der Waals surface area contributed by atoms with Crippen LogP contribution < -0.4 is 9.62 Å². The molecule has 1 saturated carbocycles. The average molecular weight is 663 g/mol. The first-order valence-electron chi connectivity index (χ1n) is 14.5. The minimum absolute atomic E-state index is 0.0682. The molecule has 224 valence electrons. The molecule has 1 N–H and O–H groups in total. The highest BCUT2D eigenvalue weighted by atomic mass is 79.9. The zero-order chi connectivity index (χ0) is 30.4. The first-order chi connectivity index (χ1) is 20.7. The molecule has 43 heavy (non-hydrogen) atoms. The molecule has 0 bridgehead atoms. The SMILES string of the molecule is CS(=O)(=O)N(CC(=O)N(Cc1ccc(Br)cc1)[C@H](Cc1ccccc1)C(=O)NC1CCCC1)c1cccc2ccccc12. The van der Waals surface area contributed by atoms with E-state index in [1.165, 1.54) is 0 Å². The van der Waals surface area contributed by atoms with Gasteiger partial charge < -0.3 is 10.2 Å². The van der Waals surface area contributed by atoms with Crippen molar-refractivity contribution in [1.29, 1.82) is 0 Å². The van der Waals surface area contributed by atoms with Gasteiger partial charge in [0.2, 0.25) is 21.8 Å². The van der Waals surface area contributed by atoms with E-state index in [2.05, 4.69) is 21.2 Å². The average Bonchev–Trinajstić information content (AvgIpc) is 3.51. The maximum atomic E-state index is 14.4. The number of hydrogen-bond acceptors (Lipinski definition) is 4. The van der Waals surface area contributed by atoms with E-state index in [0.29, 0.717) is 12.1 Å². The van der Waals surface area contributed by atoms with Gasteiger partial charge in [-0.2, -0.15) is 0 Å². The van der Waals surface area contributed by atoms with E-state index in [-0.39, 0.29) is 18.5 Å². The molecule has 1 fully saturated rings. The molecule has 0 aromatic heterocycles. The lowest BCUT2D eigenvalue weighted by Gasteiger charge is -2.34. The fourth-order valence-electron chi connectivity index (χ4n) is 5.73. The molecule has 5 rings (SSSR count). The van der Waals surface area contributed by atoms with Crippen LogP contribution in [0.5, 0.6) is 0 Å². The summed E-state index contributed by atoms with van der Waals surface area (Å²) in [6, 6.07) is 29.3. The molecule has 0 spiro atoms. The van der Waals surface area contributed by atoms with Gasteiger partial charge in [-0.05, 0) is 47.6 Å². The number of rotatable bonds is 11. The highest BCUT2D eigenvalue weighted by Gasteiger charge is 2.34. The molecule has 9 heteroatoms. The van der Waals surface area contributed by atoms with Crippen LogP contribution in [-0.4, -0.2) is 50.0 Å². The van der Waals surface area contributed by atoms with Crippen LogP contribution in [0, 0.1) is 0 Å². The van der Waals surface area contributed by atoms with Gasteiger partial charge in [-0.3, -0.25) is 13.9 Å². The van der Waals surface area contributed by atoms with Crippen molar-refractivity contribution in [2.45, 2.75) is 50.7 Å². The Balaban J connectivity index is 1.54. The van der Waals surface area contributed by atoms with E-state index in [1.807, 2.05) is 84.9 Å². The number of fused-ring (bicyclic) bond motifs is 1. The first kappa shape index (κ1) is 30.8. The van der Waals surface area contributed by atoms with Crippen molar-refractivity contribution in [3.8, 4) is 0 Å². The Kier molecular flexibility index (Phi) is 9.82. The summed E-state index contributed by atoms with van der Waals surface area (Å²) in [4.78, 5) is 29.9. The van der Waals surface area contributed by atoms with Crippen molar-refractivity contribution >= 4 is 54.2 Å². The number of halogens is 1. The maximum Gasteiger partial charge on any atom is 0.244 e. The van der Waals surface area contributed by atoms with Gasteiger partial charge in [-0.1, -0.05) is 108 Å². The van der Waals surface area contributed by atoms with Gasteiger partial charge >= 0.3 is 0 Å². The Morgan fingerprint density at radius 3 is 2.21 bits per heavy atom. The number of hydrogen-bond donors (Lipinski definition) is 1. The van der Waals surface area contributed by atoms with Crippen LogP contribution in [-0.2, 0) is 32.6 Å². The van der Waals surface area contributed by atoms with E-state index in [1.54, 1.807) is 17.0 Å². The second kappa shape index (κ2) is 13.7. The molecule has 0 aliphatic heterocycles. The van der Waals surface area contributed by atoms with Crippen LogP contribution >= 0.6 is 15.9 Å². The van der Waals surface area contributed by atoms with Gasteiger partial charge in [0.1, 0.15) is 12.6 Å². The second-order valence-electron chi connectivity index (χ2n) is 11.1. The molecule has 2 amide bonds. The third-order valence-electron chi connectivity index (χ3n) is 7.95. The summed E-state index contributed by atoms with van der Waals surface area (Å²) in [5, 5.41) is 4.79. The number of amides is 2. The fourth-order valence-corrected chi connectivity index (χ4v) is 6.85. The summed E-state index contributed by atoms with van der Waals surface area (Å²) in [5.74, 6) is -0.680. The van der Waals surface area contributed by atoms with Crippen molar-refractivity contribution in [2.24, 2.45) is 0 Å². The van der Waals surface area contributed by atoms with Crippen LogP contribution in [0.25, 0.3) is 10.8 Å². The molecule has 0 heterocycles. The van der Waals surface area contributed by atoms with Gasteiger partial charge in [0.05, 0.1) is 11.9 Å². The third-order valence-corrected chi connectivity index (χ3v) is 9.61. The largest absolute Gasteiger partial charge is 0.352 e. The third kappa shape index (κ3) is 7.83. The lowest BCUT2D eigenvalue weighted by Crippen LogP contribution is -2.54. The minimum Gasteiger partial charge on any atom is -0.352 e. The van der Waals surface area contributed by atoms with Crippen LogP contribution in [0.1, 0.15) is 36.8 Å². The lowest BCUT2D eigenvalue weighted by atomic mass is 10.0. The number of sulfonamides is 1. The highest BCUT2D eigenvalue weighted by molar-refractivity contribution is 9.10.